The predicted octanol–water partition coefficient (Wildman–Crippen LogP) is -1.13. The van der Waals surface area contributed by atoms with E-state index in [9.17, 15) is 0 Å². The molecule has 0 spiro atoms. The summed E-state index contributed by atoms with van der Waals surface area (Å²) in [6.45, 7) is 0. The Bertz CT molecular complexity index is 125. The van der Waals surface area contributed by atoms with Gasteiger partial charge in [0.25, 0.3) is 0 Å². The molecule has 0 amide bonds. The molecular formula is C3H8N4O2. The molecule has 0 radical (unpaired) electrons. The maximum Gasteiger partial charge on any atom is 0.146 e. The summed E-state index contributed by atoms with van der Waals surface area (Å²) in [6, 6.07) is 0. The van der Waals surface area contributed by atoms with Gasteiger partial charge in [0.15, 0.2) is 0 Å². The third-order valence-corrected chi connectivity index (χ3v) is 0.619. The zero-order valence-electron chi connectivity index (χ0n) is 4.65. The number of hydrogen-bond donors (Lipinski definition) is 4. The second-order valence-electron chi connectivity index (χ2n) is 1.36. The van der Waals surface area contributed by atoms with E-state index in [2.05, 4.69) is 10.3 Å². The first-order valence-electron chi connectivity index (χ1n) is 2.13. The van der Waals surface area contributed by atoms with Crippen molar-refractivity contribution in [1.82, 2.24) is 0 Å². The van der Waals surface area contributed by atoms with E-state index in [0.29, 0.717) is 0 Å². The SMILES string of the molecule is NC(CC(N)=NO)=NO. The molecule has 0 saturated carbocycles. The lowest BCUT2D eigenvalue weighted by Crippen LogP contribution is -2.22. The molecule has 0 rings (SSSR count). The van der Waals surface area contributed by atoms with Crippen molar-refractivity contribution in [2.24, 2.45) is 21.8 Å². The van der Waals surface area contributed by atoms with Crippen LogP contribution < -0.4 is 11.5 Å². The average Bonchev–Trinajstić information content (AvgIpc) is 1.87. The zero-order valence-corrected chi connectivity index (χ0v) is 4.65. The van der Waals surface area contributed by atoms with Crippen LogP contribution in [0.1, 0.15) is 6.42 Å². The Morgan fingerprint density at radius 3 is 1.67 bits per heavy atom. The molecule has 0 atom stereocenters. The molecule has 0 aliphatic rings. The maximum absolute atomic E-state index is 7.95. The van der Waals surface area contributed by atoms with Gasteiger partial charge in [0.2, 0.25) is 0 Å². The quantitative estimate of drug-likeness (QED) is 0.164. The third-order valence-electron chi connectivity index (χ3n) is 0.619. The Balaban J connectivity index is 3.75. The molecule has 0 unspecified atom stereocenters. The van der Waals surface area contributed by atoms with E-state index in [0.717, 1.165) is 0 Å². The van der Waals surface area contributed by atoms with Crippen LogP contribution in [0.4, 0.5) is 0 Å². The molecule has 0 aromatic carbocycles. The fraction of sp³-hybridized carbons (Fsp3) is 0.333. The molecule has 0 aromatic heterocycles. The van der Waals surface area contributed by atoms with E-state index in [4.69, 9.17) is 21.9 Å². The van der Waals surface area contributed by atoms with E-state index in [1.54, 1.807) is 0 Å². The largest absolute Gasteiger partial charge is 0.409 e. The molecule has 52 valence electrons. The van der Waals surface area contributed by atoms with Gasteiger partial charge in [-0.3, -0.25) is 0 Å². The molecule has 0 aliphatic carbocycles. The fourth-order valence-corrected chi connectivity index (χ4v) is 0.256. The summed E-state index contributed by atoms with van der Waals surface area (Å²) in [4.78, 5) is 0. The van der Waals surface area contributed by atoms with Gasteiger partial charge in [0, 0.05) is 0 Å². The van der Waals surface area contributed by atoms with Crippen LogP contribution in [0.2, 0.25) is 0 Å². The molecule has 6 heteroatoms. The molecule has 0 fully saturated rings. The van der Waals surface area contributed by atoms with Gasteiger partial charge in [-0.1, -0.05) is 10.3 Å². The van der Waals surface area contributed by atoms with Gasteiger partial charge in [0.05, 0.1) is 6.42 Å². The third kappa shape index (κ3) is 3.15. The van der Waals surface area contributed by atoms with E-state index >= 15 is 0 Å². The number of amidine groups is 2. The Morgan fingerprint density at radius 1 is 1.11 bits per heavy atom. The highest BCUT2D eigenvalue weighted by Crippen LogP contribution is 1.77. The van der Waals surface area contributed by atoms with Gasteiger partial charge in [0.1, 0.15) is 11.7 Å². The molecule has 0 bridgehead atoms. The Kier molecular flexibility index (Phi) is 2.96. The Hall–Kier alpha value is -1.46. The summed E-state index contributed by atoms with van der Waals surface area (Å²) >= 11 is 0. The number of hydrogen-bond acceptors (Lipinski definition) is 4. The van der Waals surface area contributed by atoms with Crippen LogP contribution in [0.25, 0.3) is 0 Å². The molecule has 0 aliphatic heterocycles. The van der Waals surface area contributed by atoms with Crippen LogP contribution in [0.3, 0.4) is 0 Å². The van der Waals surface area contributed by atoms with Crippen molar-refractivity contribution >= 4 is 11.7 Å². The monoisotopic (exact) mass is 132 g/mol. The first-order valence-corrected chi connectivity index (χ1v) is 2.13. The van der Waals surface area contributed by atoms with E-state index in [1.165, 1.54) is 0 Å². The highest BCUT2D eigenvalue weighted by atomic mass is 16.4. The fourth-order valence-electron chi connectivity index (χ4n) is 0.256. The standard InChI is InChI=1S/C3H8N4O2/c4-2(6-8)1-3(5)7-9/h8-9H,1H2,(H2,4,6)(H2,5,7). The van der Waals surface area contributed by atoms with Gasteiger partial charge in [-0.15, -0.1) is 0 Å². The van der Waals surface area contributed by atoms with Crippen LogP contribution >= 0.6 is 0 Å². The van der Waals surface area contributed by atoms with Crippen molar-refractivity contribution < 1.29 is 10.4 Å². The summed E-state index contributed by atoms with van der Waals surface area (Å²) in [6.07, 6.45) is -0.0347. The van der Waals surface area contributed by atoms with Gasteiger partial charge >= 0.3 is 0 Å². The minimum Gasteiger partial charge on any atom is -0.409 e. The lowest BCUT2D eigenvalue weighted by molar-refractivity contribution is 0.314. The van der Waals surface area contributed by atoms with E-state index in [-0.39, 0.29) is 18.1 Å². The maximum atomic E-state index is 7.95. The van der Waals surface area contributed by atoms with Gasteiger partial charge in [-0.05, 0) is 0 Å². The zero-order chi connectivity index (χ0) is 7.28. The van der Waals surface area contributed by atoms with Gasteiger partial charge < -0.3 is 21.9 Å². The van der Waals surface area contributed by atoms with Crippen LogP contribution in [0, 0.1) is 0 Å². The second kappa shape index (κ2) is 3.53. The van der Waals surface area contributed by atoms with Crippen molar-refractivity contribution in [3.05, 3.63) is 0 Å². The first kappa shape index (κ1) is 7.54. The highest BCUT2D eigenvalue weighted by Gasteiger charge is 1.95. The molecule has 6 nitrogen and oxygen atoms in total. The Morgan fingerprint density at radius 2 is 1.44 bits per heavy atom. The minimum atomic E-state index is -0.0923. The van der Waals surface area contributed by atoms with Crippen molar-refractivity contribution in [2.45, 2.75) is 6.42 Å². The molecule has 0 heterocycles. The van der Waals surface area contributed by atoms with Crippen LogP contribution in [0.15, 0.2) is 10.3 Å². The van der Waals surface area contributed by atoms with Crippen molar-refractivity contribution in [1.29, 1.82) is 0 Å². The lowest BCUT2D eigenvalue weighted by atomic mass is 10.4. The summed E-state index contributed by atoms with van der Waals surface area (Å²) in [5.74, 6) is -0.185. The number of nitrogens with two attached hydrogens (primary N) is 2. The lowest BCUT2D eigenvalue weighted by Gasteiger charge is -1.92. The Labute approximate surface area is 51.4 Å². The average molecular weight is 132 g/mol. The van der Waals surface area contributed by atoms with Gasteiger partial charge in [-0.2, -0.15) is 0 Å². The topological polar surface area (TPSA) is 117 Å². The molecule has 9 heavy (non-hydrogen) atoms. The van der Waals surface area contributed by atoms with Gasteiger partial charge in [-0.25, -0.2) is 0 Å². The summed E-state index contributed by atoms with van der Waals surface area (Å²) in [5.41, 5.74) is 9.96. The van der Waals surface area contributed by atoms with E-state index < -0.39 is 0 Å². The van der Waals surface area contributed by atoms with Crippen LogP contribution in [0.5, 0.6) is 0 Å². The predicted molar refractivity (Wildman–Crippen MR) is 31.4 cm³/mol. The molecule has 6 N–H and O–H groups in total. The van der Waals surface area contributed by atoms with Crippen LogP contribution in [-0.4, -0.2) is 22.1 Å². The van der Waals surface area contributed by atoms with Crippen molar-refractivity contribution in [3.8, 4) is 0 Å². The molecule has 0 saturated heterocycles. The minimum absolute atomic E-state index is 0.0347. The van der Waals surface area contributed by atoms with E-state index in [1.807, 2.05) is 0 Å². The van der Waals surface area contributed by atoms with Crippen molar-refractivity contribution in [2.75, 3.05) is 0 Å². The smallest absolute Gasteiger partial charge is 0.146 e. The van der Waals surface area contributed by atoms with Crippen molar-refractivity contribution in [3.63, 3.8) is 0 Å². The number of rotatable bonds is 2. The molecular weight excluding hydrogens is 124 g/mol. The molecule has 0 aromatic rings. The number of nitrogens with zero attached hydrogens (tertiary/aromatic N) is 2. The van der Waals surface area contributed by atoms with Crippen LogP contribution in [-0.2, 0) is 0 Å². The summed E-state index contributed by atoms with van der Waals surface area (Å²) in [5, 5.41) is 21.1. The normalized spacial score (nSPS) is 13.8. The number of oxime groups is 2. The summed E-state index contributed by atoms with van der Waals surface area (Å²) in [7, 11) is 0. The highest BCUT2D eigenvalue weighted by molar-refractivity contribution is 6.00. The summed E-state index contributed by atoms with van der Waals surface area (Å²) < 4.78 is 0. The first-order chi connectivity index (χ1) is 4.20. The second-order valence-corrected chi connectivity index (χ2v) is 1.36.